The van der Waals surface area contributed by atoms with Crippen molar-refractivity contribution in [1.29, 1.82) is 0 Å². The summed E-state index contributed by atoms with van der Waals surface area (Å²) in [6, 6.07) is 6.44. The van der Waals surface area contributed by atoms with Gasteiger partial charge in [-0.1, -0.05) is 12.1 Å². The first-order chi connectivity index (χ1) is 7.27. The Bertz CT molecular complexity index is 471. The van der Waals surface area contributed by atoms with E-state index in [1.165, 1.54) is 22.0 Å². The largest absolute Gasteiger partial charge is 0.380 e. The molecule has 2 aromatic rings. The zero-order valence-corrected chi connectivity index (χ0v) is 9.58. The van der Waals surface area contributed by atoms with E-state index in [0.717, 1.165) is 6.54 Å². The minimum absolute atomic E-state index is 0.689. The first-order valence-corrected chi connectivity index (χ1v) is 5.34. The Hall–Kier alpha value is -1.28. The van der Waals surface area contributed by atoms with Gasteiger partial charge >= 0.3 is 0 Å². The Morgan fingerprint density at radius 2 is 2.13 bits per heavy atom. The number of aryl methyl sites for hydroxylation is 2. The smallest absolute Gasteiger partial charge is 0.0734 e. The highest BCUT2D eigenvalue weighted by Crippen LogP contribution is 2.25. The van der Waals surface area contributed by atoms with Crippen molar-refractivity contribution >= 4 is 10.9 Å². The van der Waals surface area contributed by atoms with E-state index in [-0.39, 0.29) is 0 Å². The molecule has 0 bridgehead atoms. The Kier molecular flexibility index (Phi) is 2.78. The van der Waals surface area contributed by atoms with Crippen LogP contribution in [-0.2, 0) is 17.9 Å². The molecule has 80 valence electrons. The summed E-state index contributed by atoms with van der Waals surface area (Å²) in [6.07, 6.45) is 2.20. The normalized spacial score (nSPS) is 11.1. The summed E-state index contributed by atoms with van der Waals surface area (Å²) in [4.78, 5) is 0. The van der Waals surface area contributed by atoms with Crippen LogP contribution in [0.1, 0.15) is 18.1 Å². The van der Waals surface area contributed by atoms with Gasteiger partial charge in [-0.3, -0.25) is 0 Å². The molecule has 0 amide bonds. The molecule has 0 N–H and O–H groups in total. The molecule has 0 aliphatic heterocycles. The Labute approximate surface area is 90.5 Å². The Balaban J connectivity index is 2.70. The molecule has 1 aromatic heterocycles. The molecule has 0 aliphatic carbocycles. The summed E-state index contributed by atoms with van der Waals surface area (Å²) >= 11 is 0. The quantitative estimate of drug-likeness (QED) is 0.747. The van der Waals surface area contributed by atoms with Crippen LogP contribution in [-0.4, -0.2) is 11.7 Å². The van der Waals surface area contributed by atoms with Crippen LogP contribution >= 0.6 is 0 Å². The number of methoxy groups -OCH3 is 1. The van der Waals surface area contributed by atoms with Crippen LogP contribution in [0.5, 0.6) is 0 Å². The summed E-state index contributed by atoms with van der Waals surface area (Å²) in [5, 5.41) is 1.35. The van der Waals surface area contributed by atoms with Crippen molar-refractivity contribution in [2.75, 3.05) is 7.11 Å². The predicted octanol–water partition coefficient (Wildman–Crippen LogP) is 3.12. The molecule has 0 saturated heterocycles. The SMILES string of the molecule is CCn1cc(COC)c2c(C)cccc21. The highest BCUT2D eigenvalue weighted by atomic mass is 16.5. The Morgan fingerprint density at radius 3 is 2.80 bits per heavy atom. The van der Waals surface area contributed by atoms with Gasteiger partial charge < -0.3 is 9.30 Å². The highest BCUT2D eigenvalue weighted by Gasteiger charge is 2.08. The molecule has 2 rings (SSSR count). The molecule has 1 aromatic carbocycles. The number of fused-ring (bicyclic) bond motifs is 1. The van der Waals surface area contributed by atoms with E-state index in [9.17, 15) is 0 Å². The molecule has 1 heterocycles. The summed E-state index contributed by atoms with van der Waals surface area (Å²) in [5.74, 6) is 0. The predicted molar refractivity (Wildman–Crippen MR) is 63.1 cm³/mol. The average molecular weight is 203 g/mol. The third-order valence-corrected chi connectivity index (χ3v) is 2.83. The number of hydrogen-bond donors (Lipinski definition) is 0. The van der Waals surface area contributed by atoms with Crippen molar-refractivity contribution < 1.29 is 4.74 Å². The van der Waals surface area contributed by atoms with Gasteiger partial charge in [0.05, 0.1) is 6.61 Å². The van der Waals surface area contributed by atoms with Gasteiger partial charge in [0.1, 0.15) is 0 Å². The molecule has 0 atom stereocenters. The number of nitrogens with zero attached hydrogens (tertiary/aromatic N) is 1. The van der Waals surface area contributed by atoms with Crippen molar-refractivity contribution in [3.63, 3.8) is 0 Å². The number of ether oxygens (including phenoxy) is 1. The van der Waals surface area contributed by atoms with Crippen LogP contribution in [0.2, 0.25) is 0 Å². The first-order valence-electron chi connectivity index (χ1n) is 5.34. The first kappa shape index (κ1) is 10.2. The third-order valence-electron chi connectivity index (χ3n) is 2.83. The van der Waals surface area contributed by atoms with Crippen molar-refractivity contribution in [2.24, 2.45) is 0 Å². The number of aromatic nitrogens is 1. The lowest BCUT2D eigenvalue weighted by atomic mass is 10.1. The van der Waals surface area contributed by atoms with Gasteiger partial charge in [-0.25, -0.2) is 0 Å². The van der Waals surface area contributed by atoms with Crippen LogP contribution in [0.3, 0.4) is 0 Å². The summed E-state index contributed by atoms with van der Waals surface area (Å²) < 4.78 is 7.51. The van der Waals surface area contributed by atoms with E-state index in [1.807, 2.05) is 0 Å². The molecular formula is C13H17NO. The lowest BCUT2D eigenvalue weighted by Crippen LogP contribution is -1.90. The number of hydrogen-bond acceptors (Lipinski definition) is 1. The molecule has 2 nitrogen and oxygen atoms in total. The summed E-state index contributed by atoms with van der Waals surface area (Å²) in [5.41, 5.74) is 3.92. The van der Waals surface area contributed by atoms with Gasteiger partial charge in [0.25, 0.3) is 0 Å². The van der Waals surface area contributed by atoms with Gasteiger partial charge in [-0.05, 0) is 25.5 Å². The van der Waals surface area contributed by atoms with E-state index >= 15 is 0 Å². The van der Waals surface area contributed by atoms with Gasteiger partial charge in [0.15, 0.2) is 0 Å². The van der Waals surface area contributed by atoms with Gasteiger partial charge in [0.2, 0.25) is 0 Å². The fraction of sp³-hybridized carbons (Fsp3) is 0.385. The van der Waals surface area contributed by atoms with E-state index in [0.29, 0.717) is 6.61 Å². The third kappa shape index (κ3) is 1.65. The molecule has 0 fully saturated rings. The van der Waals surface area contributed by atoms with Crippen LogP contribution in [0, 0.1) is 6.92 Å². The minimum Gasteiger partial charge on any atom is -0.380 e. The minimum atomic E-state index is 0.689. The topological polar surface area (TPSA) is 14.2 Å². The standard InChI is InChI=1S/C13H17NO/c1-4-14-8-11(9-15-3)13-10(2)6-5-7-12(13)14/h5-8H,4,9H2,1-3H3. The second-order valence-corrected chi connectivity index (χ2v) is 3.84. The fourth-order valence-corrected chi connectivity index (χ4v) is 2.16. The van der Waals surface area contributed by atoms with Crippen molar-refractivity contribution in [2.45, 2.75) is 27.0 Å². The molecule has 0 spiro atoms. The fourth-order valence-electron chi connectivity index (χ4n) is 2.16. The van der Waals surface area contributed by atoms with Crippen molar-refractivity contribution in [1.82, 2.24) is 4.57 Å². The van der Waals surface area contributed by atoms with Gasteiger partial charge in [-0.2, -0.15) is 0 Å². The molecule has 15 heavy (non-hydrogen) atoms. The highest BCUT2D eigenvalue weighted by molar-refractivity contribution is 5.87. The average Bonchev–Trinajstić information content (AvgIpc) is 2.59. The molecule has 2 heteroatoms. The van der Waals surface area contributed by atoms with E-state index in [2.05, 4.69) is 42.8 Å². The second kappa shape index (κ2) is 4.07. The van der Waals surface area contributed by atoms with Crippen molar-refractivity contribution in [3.8, 4) is 0 Å². The molecule has 0 unspecified atom stereocenters. The second-order valence-electron chi connectivity index (χ2n) is 3.84. The van der Waals surface area contributed by atoms with Crippen LogP contribution in [0.25, 0.3) is 10.9 Å². The van der Waals surface area contributed by atoms with Crippen LogP contribution in [0.15, 0.2) is 24.4 Å². The number of rotatable bonds is 3. The van der Waals surface area contributed by atoms with Crippen molar-refractivity contribution in [3.05, 3.63) is 35.5 Å². The monoisotopic (exact) mass is 203 g/mol. The Morgan fingerprint density at radius 1 is 1.33 bits per heavy atom. The van der Waals surface area contributed by atoms with Crippen LogP contribution in [0.4, 0.5) is 0 Å². The zero-order valence-electron chi connectivity index (χ0n) is 9.58. The lowest BCUT2D eigenvalue weighted by Gasteiger charge is -2.01. The van der Waals surface area contributed by atoms with E-state index < -0.39 is 0 Å². The van der Waals surface area contributed by atoms with Gasteiger partial charge in [-0.15, -0.1) is 0 Å². The molecule has 0 saturated carbocycles. The maximum absolute atomic E-state index is 5.24. The zero-order chi connectivity index (χ0) is 10.8. The number of benzene rings is 1. The summed E-state index contributed by atoms with van der Waals surface area (Å²) in [7, 11) is 1.74. The molecule has 0 radical (unpaired) electrons. The molecule has 0 aliphatic rings. The maximum atomic E-state index is 5.24. The lowest BCUT2D eigenvalue weighted by molar-refractivity contribution is 0.186. The van der Waals surface area contributed by atoms with E-state index in [1.54, 1.807) is 7.11 Å². The molecular weight excluding hydrogens is 186 g/mol. The summed E-state index contributed by atoms with van der Waals surface area (Å²) in [6.45, 7) is 6.01. The van der Waals surface area contributed by atoms with E-state index in [4.69, 9.17) is 4.74 Å². The maximum Gasteiger partial charge on any atom is 0.0734 e. The van der Waals surface area contributed by atoms with Gasteiger partial charge in [0, 0.05) is 36.3 Å². The van der Waals surface area contributed by atoms with Crippen LogP contribution < -0.4 is 0 Å².